The zero-order chi connectivity index (χ0) is 12.1. The van der Waals surface area contributed by atoms with E-state index in [-0.39, 0.29) is 0 Å². The van der Waals surface area contributed by atoms with Gasteiger partial charge in [0.15, 0.2) is 0 Å². The Morgan fingerprint density at radius 1 is 1.06 bits per heavy atom. The van der Waals surface area contributed by atoms with Crippen LogP contribution in [0.25, 0.3) is 17.0 Å². The van der Waals surface area contributed by atoms with Crippen molar-refractivity contribution >= 4 is 17.0 Å². The maximum atomic E-state index is 5.98. The van der Waals surface area contributed by atoms with Crippen molar-refractivity contribution in [3.8, 4) is 0 Å². The normalized spacial score (nSPS) is 24.3. The number of rotatable bonds is 0. The first-order valence-corrected chi connectivity index (χ1v) is 6.39. The first-order valence-electron chi connectivity index (χ1n) is 6.39. The van der Waals surface area contributed by atoms with Gasteiger partial charge in [0, 0.05) is 22.8 Å². The Labute approximate surface area is 106 Å². The largest absolute Gasteiger partial charge is 0.456 e. The fourth-order valence-corrected chi connectivity index (χ4v) is 3.01. The molecule has 1 aromatic heterocycles. The third-order valence-electron chi connectivity index (χ3n) is 3.89. The molecule has 1 nitrogen and oxygen atoms in total. The molecule has 0 fully saturated rings. The highest BCUT2D eigenvalue weighted by Gasteiger charge is 2.28. The van der Waals surface area contributed by atoms with Crippen molar-refractivity contribution in [1.29, 1.82) is 0 Å². The Hall–Kier alpha value is -2.02. The van der Waals surface area contributed by atoms with Gasteiger partial charge in [0.1, 0.15) is 11.3 Å². The molecule has 2 atom stereocenters. The van der Waals surface area contributed by atoms with Gasteiger partial charge in [-0.05, 0) is 24.6 Å². The fraction of sp³-hybridized carbons (Fsp3) is 0.176. The minimum atomic E-state index is 0.430. The molecule has 1 aromatic carbocycles. The highest BCUT2D eigenvalue weighted by Crippen LogP contribution is 2.43. The SMILES string of the molecule is Cc1ccc2c3c(oc2c1)C=CC1C=CC=CC31. The molecule has 88 valence electrons. The van der Waals surface area contributed by atoms with Crippen LogP contribution in [0.1, 0.15) is 22.8 Å². The molecule has 0 aliphatic heterocycles. The molecule has 0 N–H and O–H groups in total. The van der Waals surface area contributed by atoms with Crippen LogP contribution in [0.5, 0.6) is 0 Å². The van der Waals surface area contributed by atoms with Gasteiger partial charge in [0.25, 0.3) is 0 Å². The molecule has 0 bridgehead atoms. The predicted molar refractivity (Wildman–Crippen MR) is 74.5 cm³/mol. The van der Waals surface area contributed by atoms with E-state index in [0.717, 1.165) is 11.3 Å². The van der Waals surface area contributed by atoms with Crippen LogP contribution in [0.3, 0.4) is 0 Å². The number of hydrogen-bond donors (Lipinski definition) is 0. The molecule has 2 aliphatic rings. The Morgan fingerprint density at radius 3 is 2.89 bits per heavy atom. The number of hydrogen-bond acceptors (Lipinski definition) is 1. The van der Waals surface area contributed by atoms with E-state index in [1.165, 1.54) is 16.5 Å². The fourth-order valence-electron chi connectivity index (χ4n) is 3.01. The lowest BCUT2D eigenvalue weighted by Gasteiger charge is -2.24. The quantitative estimate of drug-likeness (QED) is 0.649. The van der Waals surface area contributed by atoms with Crippen molar-refractivity contribution < 1.29 is 4.42 Å². The average molecular weight is 234 g/mol. The van der Waals surface area contributed by atoms with E-state index >= 15 is 0 Å². The average Bonchev–Trinajstić information content (AvgIpc) is 2.76. The number of fused-ring (bicyclic) bond motifs is 5. The van der Waals surface area contributed by atoms with Crippen molar-refractivity contribution in [3.63, 3.8) is 0 Å². The summed E-state index contributed by atoms with van der Waals surface area (Å²) in [6.07, 6.45) is 13.2. The molecule has 4 rings (SSSR count). The van der Waals surface area contributed by atoms with E-state index in [2.05, 4.69) is 61.6 Å². The van der Waals surface area contributed by atoms with Crippen molar-refractivity contribution in [1.82, 2.24) is 0 Å². The molecule has 0 spiro atoms. The highest BCUT2D eigenvalue weighted by molar-refractivity contribution is 5.87. The maximum absolute atomic E-state index is 5.98. The molecule has 0 amide bonds. The Morgan fingerprint density at radius 2 is 1.94 bits per heavy atom. The number of allylic oxidation sites excluding steroid dienone is 5. The van der Waals surface area contributed by atoms with Crippen LogP contribution in [0.15, 0.2) is 53.0 Å². The van der Waals surface area contributed by atoms with Gasteiger partial charge in [0.2, 0.25) is 0 Å². The standard InChI is InChI=1S/C17H14O/c1-11-6-8-14-16(10-11)18-15-9-7-12-4-2-3-5-13(12)17(14)15/h2-10,12-13H,1H3. The third kappa shape index (κ3) is 1.28. The number of aryl methyl sites for hydroxylation is 1. The lowest BCUT2D eigenvalue weighted by molar-refractivity contribution is 0.578. The van der Waals surface area contributed by atoms with Crippen LogP contribution >= 0.6 is 0 Å². The van der Waals surface area contributed by atoms with Gasteiger partial charge in [0.05, 0.1) is 0 Å². The minimum absolute atomic E-state index is 0.430. The second-order valence-corrected chi connectivity index (χ2v) is 5.11. The first kappa shape index (κ1) is 9.95. The zero-order valence-corrected chi connectivity index (χ0v) is 10.3. The predicted octanol–water partition coefficient (Wildman–Crippen LogP) is 4.59. The number of furan rings is 1. The van der Waals surface area contributed by atoms with Gasteiger partial charge in [-0.25, -0.2) is 0 Å². The summed E-state index contributed by atoms with van der Waals surface area (Å²) in [6, 6.07) is 6.47. The second kappa shape index (κ2) is 3.49. The lowest BCUT2D eigenvalue weighted by atomic mass is 9.78. The highest BCUT2D eigenvalue weighted by atomic mass is 16.3. The minimum Gasteiger partial charge on any atom is -0.456 e. The molecule has 0 saturated carbocycles. The van der Waals surface area contributed by atoms with Crippen molar-refractivity contribution in [3.05, 3.63) is 65.5 Å². The van der Waals surface area contributed by atoms with Gasteiger partial charge in [-0.15, -0.1) is 0 Å². The maximum Gasteiger partial charge on any atom is 0.135 e. The third-order valence-corrected chi connectivity index (χ3v) is 3.89. The summed E-state index contributed by atoms with van der Waals surface area (Å²) in [5.41, 5.74) is 3.60. The van der Waals surface area contributed by atoms with Gasteiger partial charge >= 0.3 is 0 Å². The van der Waals surface area contributed by atoms with E-state index in [1.807, 2.05) is 0 Å². The van der Waals surface area contributed by atoms with Crippen LogP contribution in [0.4, 0.5) is 0 Å². The molecule has 1 heterocycles. The molecule has 0 radical (unpaired) electrons. The van der Waals surface area contributed by atoms with Gasteiger partial charge < -0.3 is 4.42 Å². The van der Waals surface area contributed by atoms with Crippen LogP contribution in [-0.4, -0.2) is 0 Å². The zero-order valence-electron chi connectivity index (χ0n) is 10.3. The summed E-state index contributed by atoms with van der Waals surface area (Å²) < 4.78 is 5.98. The van der Waals surface area contributed by atoms with E-state index in [4.69, 9.17) is 4.42 Å². The van der Waals surface area contributed by atoms with Gasteiger partial charge in [-0.3, -0.25) is 0 Å². The summed E-state index contributed by atoms with van der Waals surface area (Å²) in [4.78, 5) is 0. The molecular formula is C17H14O. The molecule has 0 saturated heterocycles. The summed E-state index contributed by atoms with van der Waals surface area (Å²) >= 11 is 0. The van der Waals surface area contributed by atoms with E-state index in [9.17, 15) is 0 Å². The lowest BCUT2D eigenvalue weighted by Crippen LogP contribution is -2.12. The summed E-state index contributed by atoms with van der Waals surface area (Å²) in [5.74, 6) is 1.93. The molecular weight excluding hydrogens is 220 g/mol. The van der Waals surface area contributed by atoms with Crippen LogP contribution in [0.2, 0.25) is 0 Å². The monoisotopic (exact) mass is 234 g/mol. The molecule has 2 unspecified atom stereocenters. The smallest absolute Gasteiger partial charge is 0.135 e. The molecule has 2 aromatic rings. The summed E-state index contributed by atoms with van der Waals surface area (Å²) in [7, 11) is 0. The Bertz CT molecular complexity index is 713. The van der Waals surface area contributed by atoms with Crippen molar-refractivity contribution in [2.45, 2.75) is 12.8 Å². The summed E-state index contributed by atoms with van der Waals surface area (Å²) in [6.45, 7) is 2.10. The van der Waals surface area contributed by atoms with Crippen LogP contribution < -0.4 is 0 Å². The van der Waals surface area contributed by atoms with Crippen molar-refractivity contribution in [2.75, 3.05) is 0 Å². The van der Waals surface area contributed by atoms with Gasteiger partial charge in [-0.1, -0.05) is 42.5 Å². The molecule has 1 heteroatoms. The van der Waals surface area contributed by atoms with E-state index < -0.39 is 0 Å². The van der Waals surface area contributed by atoms with Gasteiger partial charge in [-0.2, -0.15) is 0 Å². The first-order chi connectivity index (χ1) is 8.83. The van der Waals surface area contributed by atoms with Crippen LogP contribution in [-0.2, 0) is 0 Å². The topological polar surface area (TPSA) is 13.1 Å². The van der Waals surface area contributed by atoms with Crippen LogP contribution in [0, 0.1) is 12.8 Å². The Kier molecular flexibility index (Phi) is 1.93. The summed E-state index contributed by atoms with van der Waals surface area (Å²) in [5, 5.41) is 1.26. The Balaban J connectivity index is 2.02. The molecule has 18 heavy (non-hydrogen) atoms. The van der Waals surface area contributed by atoms with E-state index in [1.54, 1.807) is 0 Å². The van der Waals surface area contributed by atoms with E-state index in [0.29, 0.717) is 11.8 Å². The van der Waals surface area contributed by atoms with Crippen molar-refractivity contribution in [2.24, 2.45) is 5.92 Å². The molecule has 2 aliphatic carbocycles. The second-order valence-electron chi connectivity index (χ2n) is 5.11. The number of benzene rings is 1.